The van der Waals surface area contributed by atoms with E-state index in [9.17, 15) is 9.18 Å². The molecule has 6 nitrogen and oxygen atoms in total. The number of halogens is 1. The number of hydrogen-bond acceptors (Lipinski definition) is 5. The fourth-order valence-electron chi connectivity index (χ4n) is 3.07. The SMILES string of the molecule is Cc1ccc(F)cc1NCC(=O)N1N=C(c2ccco2)C[C@H]1c1ccco1. The van der Waals surface area contributed by atoms with Crippen molar-refractivity contribution in [2.75, 3.05) is 11.9 Å². The van der Waals surface area contributed by atoms with E-state index in [0.717, 1.165) is 5.56 Å². The molecule has 27 heavy (non-hydrogen) atoms. The molecule has 1 aromatic carbocycles. The molecule has 0 saturated carbocycles. The number of rotatable bonds is 5. The molecule has 138 valence electrons. The van der Waals surface area contributed by atoms with Crippen LogP contribution in [-0.4, -0.2) is 23.2 Å². The molecular formula is C20H18FN3O3. The van der Waals surface area contributed by atoms with Gasteiger partial charge in [0, 0.05) is 12.1 Å². The van der Waals surface area contributed by atoms with Crippen molar-refractivity contribution in [2.24, 2.45) is 5.10 Å². The summed E-state index contributed by atoms with van der Waals surface area (Å²) in [5.74, 6) is 0.663. The summed E-state index contributed by atoms with van der Waals surface area (Å²) in [5.41, 5.74) is 2.11. The van der Waals surface area contributed by atoms with Crippen molar-refractivity contribution < 1.29 is 18.0 Å². The first-order chi connectivity index (χ1) is 13.1. The molecule has 0 spiro atoms. The number of anilines is 1. The molecule has 1 aliphatic heterocycles. The molecule has 0 aliphatic carbocycles. The summed E-state index contributed by atoms with van der Waals surface area (Å²) < 4.78 is 24.4. The van der Waals surface area contributed by atoms with Crippen LogP contribution in [0.3, 0.4) is 0 Å². The molecule has 0 bridgehead atoms. The van der Waals surface area contributed by atoms with Gasteiger partial charge in [0.2, 0.25) is 0 Å². The summed E-state index contributed by atoms with van der Waals surface area (Å²) in [6, 6.07) is 11.2. The van der Waals surface area contributed by atoms with Crippen molar-refractivity contribution in [3.63, 3.8) is 0 Å². The lowest BCUT2D eigenvalue weighted by molar-refractivity contribution is -0.131. The molecule has 1 aliphatic rings. The van der Waals surface area contributed by atoms with Crippen LogP contribution in [0.1, 0.15) is 29.5 Å². The van der Waals surface area contributed by atoms with Crippen LogP contribution in [0.4, 0.5) is 10.1 Å². The number of nitrogens with zero attached hydrogens (tertiary/aromatic N) is 2. The summed E-state index contributed by atoms with van der Waals surface area (Å²) in [6.07, 6.45) is 3.63. The first-order valence-electron chi connectivity index (χ1n) is 8.58. The lowest BCUT2D eigenvalue weighted by atomic mass is 10.1. The van der Waals surface area contributed by atoms with E-state index >= 15 is 0 Å². The second-order valence-corrected chi connectivity index (χ2v) is 6.31. The third-order valence-electron chi connectivity index (χ3n) is 4.47. The van der Waals surface area contributed by atoms with Crippen LogP contribution >= 0.6 is 0 Å². The fraction of sp³-hybridized carbons (Fsp3) is 0.200. The molecular weight excluding hydrogens is 349 g/mol. The van der Waals surface area contributed by atoms with Crippen molar-refractivity contribution in [2.45, 2.75) is 19.4 Å². The van der Waals surface area contributed by atoms with Gasteiger partial charge in [0.05, 0.1) is 19.1 Å². The van der Waals surface area contributed by atoms with Gasteiger partial charge in [-0.2, -0.15) is 5.10 Å². The van der Waals surface area contributed by atoms with Crippen LogP contribution in [0.2, 0.25) is 0 Å². The smallest absolute Gasteiger partial charge is 0.262 e. The summed E-state index contributed by atoms with van der Waals surface area (Å²) >= 11 is 0. The van der Waals surface area contributed by atoms with Crippen LogP contribution < -0.4 is 5.32 Å². The highest BCUT2D eigenvalue weighted by Gasteiger charge is 2.35. The van der Waals surface area contributed by atoms with E-state index in [1.54, 1.807) is 36.8 Å². The zero-order valence-electron chi connectivity index (χ0n) is 14.7. The average Bonchev–Trinajstić information content (AvgIpc) is 3.40. The molecule has 0 radical (unpaired) electrons. The molecule has 3 aromatic rings. The predicted octanol–water partition coefficient (Wildman–Crippen LogP) is 4.11. The van der Waals surface area contributed by atoms with Crippen LogP contribution in [0.15, 0.2) is 68.9 Å². The van der Waals surface area contributed by atoms with Gasteiger partial charge >= 0.3 is 0 Å². The van der Waals surface area contributed by atoms with E-state index in [4.69, 9.17) is 8.83 Å². The van der Waals surface area contributed by atoms with Gasteiger partial charge in [0.1, 0.15) is 29.1 Å². The molecule has 4 rings (SSSR count). The van der Waals surface area contributed by atoms with Crippen molar-refractivity contribution in [1.29, 1.82) is 0 Å². The van der Waals surface area contributed by atoms with E-state index in [1.807, 2.05) is 13.0 Å². The number of amides is 1. The van der Waals surface area contributed by atoms with Gasteiger partial charge in [-0.05, 0) is 48.9 Å². The average molecular weight is 367 g/mol. The van der Waals surface area contributed by atoms with Crippen molar-refractivity contribution in [3.05, 3.63) is 77.9 Å². The Morgan fingerprint density at radius 2 is 2.07 bits per heavy atom. The highest BCUT2D eigenvalue weighted by Crippen LogP contribution is 2.33. The van der Waals surface area contributed by atoms with Gasteiger partial charge in [-0.15, -0.1) is 0 Å². The van der Waals surface area contributed by atoms with E-state index in [1.165, 1.54) is 17.1 Å². The lowest BCUT2D eigenvalue weighted by Gasteiger charge is -2.20. The van der Waals surface area contributed by atoms with Crippen LogP contribution in [0.25, 0.3) is 0 Å². The van der Waals surface area contributed by atoms with E-state index in [-0.39, 0.29) is 24.3 Å². The van der Waals surface area contributed by atoms with Gasteiger partial charge < -0.3 is 14.2 Å². The maximum absolute atomic E-state index is 13.4. The van der Waals surface area contributed by atoms with Gasteiger partial charge in [0.25, 0.3) is 5.91 Å². The number of hydrazone groups is 1. The molecule has 0 saturated heterocycles. The molecule has 1 N–H and O–H groups in total. The Balaban J connectivity index is 1.54. The molecule has 1 atom stereocenters. The Hall–Kier alpha value is -3.35. The molecule has 3 heterocycles. The Kier molecular flexibility index (Phi) is 4.50. The number of aryl methyl sites for hydroxylation is 1. The van der Waals surface area contributed by atoms with Crippen LogP contribution in [0.5, 0.6) is 0 Å². The van der Waals surface area contributed by atoms with E-state index in [2.05, 4.69) is 10.4 Å². The Morgan fingerprint density at radius 1 is 1.26 bits per heavy atom. The second-order valence-electron chi connectivity index (χ2n) is 6.31. The molecule has 7 heteroatoms. The third-order valence-corrected chi connectivity index (χ3v) is 4.47. The standard InChI is InChI=1S/C20H18FN3O3/c1-13-6-7-14(21)10-15(13)22-12-20(25)24-17(19-5-3-9-27-19)11-16(23-24)18-4-2-8-26-18/h2-10,17,22H,11-12H2,1H3/t17-/m0/s1. The summed E-state index contributed by atoms with van der Waals surface area (Å²) in [6.45, 7) is 1.83. The quantitative estimate of drug-likeness (QED) is 0.737. The number of furan rings is 2. The first kappa shape index (κ1) is 17.1. The minimum absolute atomic E-state index is 0.0174. The number of nitrogens with one attached hydrogen (secondary N) is 1. The van der Waals surface area contributed by atoms with Crippen molar-refractivity contribution >= 4 is 17.3 Å². The zero-order chi connectivity index (χ0) is 18.8. The van der Waals surface area contributed by atoms with E-state index in [0.29, 0.717) is 29.3 Å². The first-order valence-corrected chi connectivity index (χ1v) is 8.58. The van der Waals surface area contributed by atoms with Gasteiger partial charge in [-0.1, -0.05) is 6.07 Å². The second kappa shape index (κ2) is 7.11. The van der Waals surface area contributed by atoms with Gasteiger partial charge in [-0.25, -0.2) is 9.40 Å². The van der Waals surface area contributed by atoms with Crippen LogP contribution in [0, 0.1) is 12.7 Å². The van der Waals surface area contributed by atoms with Gasteiger partial charge in [-0.3, -0.25) is 4.79 Å². The van der Waals surface area contributed by atoms with Crippen molar-refractivity contribution in [3.8, 4) is 0 Å². The monoisotopic (exact) mass is 367 g/mol. The highest BCUT2D eigenvalue weighted by molar-refractivity contribution is 6.01. The molecule has 2 aromatic heterocycles. The molecule has 0 unspecified atom stereocenters. The molecule has 0 fully saturated rings. The maximum Gasteiger partial charge on any atom is 0.262 e. The summed E-state index contributed by atoms with van der Waals surface area (Å²) in [4.78, 5) is 12.8. The maximum atomic E-state index is 13.4. The predicted molar refractivity (Wildman–Crippen MR) is 97.8 cm³/mol. The number of benzene rings is 1. The van der Waals surface area contributed by atoms with Gasteiger partial charge in [0.15, 0.2) is 0 Å². The molecule has 1 amide bonds. The Morgan fingerprint density at radius 3 is 2.81 bits per heavy atom. The topological polar surface area (TPSA) is 71.0 Å². The summed E-state index contributed by atoms with van der Waals surface area (Å²) in [5, 5.41) is 8.85. The normalized spacial score (nSPS) is 16.4. The number of carbonyl (C=O) groups excluding carboxylic acids is 1. The largest absolute Gasteiger partial charge is 0.467 e. The van der Waals surface area contributed by atoms with Crippen molar-refractivity contribution in [1.82, 2.24) is 5.01 Å². The third kappa shape index (κ3) is 3.48. The number of hydrogen-bond donors (Lipinski definition) is 1. The zero-order valence-corrected chi connectivity index (χ0v) is 14.7. The minimum Gasteiger partial charge on any atom is -0.467 e. The minimum atomic E-state index is -0.358. The lowest BCUT2D eigenvalue weighted by Crippen LogP contribution is -2.32. The summed E-state index contributed by atoms with van der Waals surface area (Å²) in [7, 11) is 0. The highest BCUT2D eigenvalue weighted by atomic mass is 19.1. The fourth-order valence-corrected chi connectivity index (χ4v) is 3.07. The number of carbonyl (C=O) groups is 1. The van der Waals surface area contributed by atoms with E-state index < -0.39 is 0 Å². The Bertz CT molecular complexity index is 965. The Labute approximate surface area is 155 Å². The van der Waals surface area contributed by atoms with Crippen LogP contribution in [-0.2, 0) is 4.79 Å².